The van der Waals surface area contributed by atoms with E-state index in [1.54, 1.807) is 0 Å². The van der Waals surface area contributed by atoms with Gasteiger partial charge in [-0.05, 0) is 44.0 Å². The molecule has 2 nitrogen and oxygen atoms in total. The fourth-order valence-corrected chi connectivity index (χ4v) is 2.78. The van der Waals surface area contributed by atoms with E-state index in [4.69, 9.17) is 0 Å². The highest BCUT2D eigenvalue weighted by atomic mass is 14.9. The van der Waals surface area contributed by atoms with Gasteiger partial charge >= 0.3 is 0 Å². The Morgan fingerprint density at radius 1 is 1.44 bits per heavy atom. The van der Waals surface area contributed by atoms with Gasteiger partial charge in [0.2, 0.25) is 0 Å². The topological polar surface area (TPSA) is 24.9 Å². The van der Waals surface area contributed by atoms with Crippen LogP contribution in [0.25, 0.3) is 0 Å². The second-order valence-electron chi connectivity index (χ2n) is 4.96. The molecule has 1 aromatic rings. The number of pyridine rings is 1. The maximum Gasteiger partial charge on any atom is 0.0375 e. The molecule has 0 bridgehead atoms. The van der Waals surface area contributed by atoms with Gasteiger partial charge in [0.1, 0.15) is 0 Å². The van der Waals surface area contributed by atoms with E-state index in [0.717, 1.165) is 11.6 Å². The lowest BCUT2D eigenvalue weighted by molar-refractivity contribution is 0.413. The van der Waals surface area contributed by atoms with Gasteiger partial charge in [-0.1, -0.05) is 25.7 Å². The van der Waals surface area contributed by atoms with Gasteiger partial charge in [-0.3, -0.25) is 4.98 Å². The van der Waals surface area contributed by atoms with Crippen molar-refractivity contribution >= 4 is 0 Å². The van der Waals surface area contributed by atoms with Crippen LogP contribution >= 0.6 is 0 Å². The van der Waals surface area contributed by atoms with Crippen molar-refractivity contribution in [1.82, 2.24) is 10.3 Å². The van der Waals surface area contributed by atoms with Crippen LogP contribution in [-0.4, -0.2) is 12.0 Å². The summed E-state index contributed by atoms with van der Waals surface area (Å²) in [4.78, 5) is 4.26. The molecular formula is C14H22N2. The largest absolute Gasteiger partial charge is 0.313 e. The molecule has 0 aromatic carbocycles. The van der Waals surface area contributed by atoms with Crippen molar-refractivity contribution in [3.05, 3.63) is 29.6 Å². The Morgan fingerprint density at radius 2 is 2.19 bits per heavy atom. The first-order valence-corrected chi connectivity index (χ1v) is 6.39. The number of nitrogens with zero attached hydrogens (tertiary/aromatic N) is 1. The van der Waals surface area contributed by atoms with Crippen molar-refractivity contribution < 1.29 is 0 Å². The van der Waals surface area contributed by atoms with Crippen LogP contribution in [0.1, 0.15) is 49.4 Å². The minimum absolute atomic E-state index is 0.504. The number of nitrogens with one attached hydrogen (secondary N) is 1. The van der Waals surface area contributed by atoms with Gasteiger partial charge in [-0.25, -0.2) is 0 Å². The normalized spacial score (nSPS) is 18.9. The molecule has 2 heteroatoms. The van der Waals surface area contributed by atoms with Crippen LogP contribution in [0.3, 0.4) is 0 Å². The highest BCUT2D eigenvalue weighted by Crippen LogP contribution is 2.32. The maximum atomic E-state index is 4.26. The number of hydrogen-bond donors (Lipinski definition) is 1. The van der Waals surface area contributed by atoms with Gasteiger partial charge in [0.15, 0.2) is 0 Å². The van der Waals surface area contributed by atoms with E-state index in [1.807, 2.05) is 6.20 Å². The van der Waals surface area contributed by atoms with Crippen LogP contribution in [0.2, 0.25) is 0 Å². The zero-order valence-corrected chi connectivity index (χ0v) is 10.4. The average molecular weight is 218 g/mol. The Kier molecular flexibility index (Phi) is 3.94. The maximum absolute atomic E-state index is 4.26. The summed E-state index contributed by atoms with van der Waals surface area (Å²) in [7, 11) is 2.06. The number of hydrogen-bond acceptors (Lipinski definition) is 2. The van der Waals surface area contributed by atoms with E-state index in [2.05, 4.69) is 36.4 Å². The average Bonchev–Trinajstić information content (AvgIpc) is 2.78. The van der Waals surface area contributed by atoms with Gasteiger partial charge in [-0.15, -0.1) is 0 Å². The molecule has 0 amide bonds. The summed E-state index contributed by atoms with van der Waals surface area (Å²) in [6, 6.07) is 4.85. The number of rotatable bonds is 4. The van der Waals surface area contributed by atoms with Crippen molar-refractivity contribution in [2.24, 2.45) is 5.92 Å². The molecule has 1 fully saturated rings. The van der Waals surface area contributed by atoms with Crippen molar-refractivity contribution in [2.75, 3.05) is 7.05 Å². The van der Waals surface area contributed by atoms with Crippen LogP contribution < -0.4 is 5.32 Å². The molecule has 1 unspecified atom stereocenters. The first-order valence-electron chi connectivity index (χ1n) is 6.39. The van der Waals surface area contributed by atoms with Crippen LogP contribution in [0.15, 0.2) is 18.3 Å². The van der Waals surface area contributed by atoms with E-state index in [1.165, 1.54) is 37.7 Å². The molecule has 16 heavy (non-hydrogen) atoms. The van der Waals surface area contributed by atoms with Gasteiger partial charge < -0.3 is 5.32 Å². The quantitative estimate of drug-likeness (QED) is 0.839. The predicted octanol–water partition coefficient (Wildman–Crippen LogP) is 3.23. The molecule has 1 heterocycles. The first-order chi connectivity index (χ1) is 7.79. The molecule has 0 aliphatic heterocycles. The molecule has 1 atom stereocenters. The fourth-order valence-electron chi connectivity index (χ4n) is 2.78. The van der Waals surface area contributed by atoms with Crippen LogP contribution in [0, 0.1) is 12.8 Å². The van der Waals surface area contributed by atoms with Crippen molar-refractivity contribution in [2.45, 2.75) is 45.1 Å². The summed E-state index contributed by atoms with van der Waals surface area (Å²) in [6.45, 7) is 2.06. The molecule has 1 N–H and O–H groups in total. The molecule has 0 radical (unpaired) electrons. The highest BCUT2D eigenvalue weighted by Gasteiger charge is 2.20. The Morgan fingerprint density at radius 3 is 2.81 bits per heavy atom. The molecule has 0 saturated heterocycles. The van der Waals surface area contributed by atoms with Crippen LogP contribution in [0.5, 0.6) is 0 Å². The third-order valence-electron chi connectivity index (χ3n) is 3.72. The standard InChI is InChI=1S/C14H22N2/c1-11-9-13(7-8-16-11)14(15-2)10-12-5-3-4-6-12/h7-9,12,14-15H,3-6,10H2,1-2H3. The second kappa shape index (κ2) is 5.44. The molecule has 1 aromatic heterocycles. The SMILES string of the molecule is CNC(CC1CCCC1)c1ccnc(C)c1. The fraction of sp³-hybridized carbons (Fsp3) is 0.643. The Bertz CT molecular complexity index is 329. The molecular weight excluding hydrogens is 196 g/mol. The van der Waals surface area contributed by atoms with Gasteiger partial charge in [0.25, 0.3) is 0 Å². The Balaban J connectivity index is 2.03. The van der Waals surface area contributed by atoms with E-state index in [9.17, 15) is 0 Å². The lowest BCUT2D eigenvalue weighted by Gasteiger charge is -2.20. The summed E-state index contributed by atoms with van der Waals surface area (Å²) < 4.78 is 0. The van der Waals surface area contributed by atoms with Crippen LogP contribution in [-0.2, 0) is 0 Å². The predicted molar refractivity (Wildman–Crippen MR) is 67.3 cm³/mol. The Labute approximate surface area is 98.5 Å². The molecule has 2 rings (SSSR count). The van der Waals surface area contributed by atoms with Crippen molar-refractivity contribution in [1.29, 1.82) is 0 Å². The number of aromatic nitrogens is 1. The third-order valence-corrected chi connectivity index (χ3v) is 3.72. The molecule has 88 valence electrons. The van der Waals surface area contributed by atoms with Crippen molar-refractivity contribution in [3.8, 4) is 0 Å². The lowest BCUT2D eigenvalue weighted by atomic mass is 9.94. The van der Waals surface area contributed by atoms with Gasteiger partial charge in [0, 0.05) is 17.9 Å². The summed E-state index contributed by atoms with van der Waals surface area (Å²) >= 11 is 0. The first kappa shape index (κ1) is 11.6. The summed E-state index contributed by atoms with van der Waals surface area (Å²) in [5.74, 6) is 0.922. The van der Waals surface area contributed by atoms with E-state index >= 15 is 0 Å². The summed E-state index contributed by atoms with van der Waals surface area (Å²) in [5.41, 5.74) is 2.51. The molecule has 1 aliphatic rings. The van der Waals surface area contributed by atoms with Crippen LogP contribution in [0.4, 0.5) is 0 Å². The van der Waals surface area contributed by atoms with Gasteiger partial charge in [-0.2, -0.15) is 0 Å². The van der Waals surface area contributed by atoms with E-state index < -0.39 is 0 Å². The molecule has 1 aliphatic carbocycles. The highest BCUT2D eigenvalue weighted by molar-refractivity contribution is 5.19. The summed E-state index contributed by atoms with van der Waals surface area (Å²) in [5, 5.41) is 3.44. The minimum Gasteiger partial charge on any atom is -0.313 e. The minimum atomic E-state index is 0.504. The molecule has 1 saturated carbocycles. The smallest absolute Gasteiger partial charge is 0.0375 e. The Hall–Kier alpha value is -0.890. The second-order valence-corrected chi connectivity index (χ2v) is 4.96. The number of aryl methyl sites for hydroxylation is 1. The monoisotopic (exact) mass is 218 g/mol. The van der Waals surface area contributed by atoms with E-state index in [-0.39, 0.29) is 0 Å². The summed E-state index contributed by atoms with van der Waals surface area (Å²) in [6.07, 6.45) is 8.89. The zero-order chi connectivity index (χ0) is 11.4. The lowest BCUT2D eigenvalue weighted by Crippen LogP contribution is -2.19. The zero-order valence-electron chi connectivity index (χ0n) is 10.4. The van der Waals surface area contributed by atoms with E-state index in [0.29, 0.717) is 6.04 Å². The van der Waals surface area contributed by atoms with Gasteiger partial charge in [0.05, 0.1) is 0 Å². The van der Waals surface area contributed by atoms with Crippen molar-refractivity contribution in [3.63, 3.8) is 0 Å². The third kappa shape index (κ3) is 2.82. The molecule has 0 spiro atoms.